The maximum absolute atomic E-state index is 12.5. The van der Waals surface area contributed by atoms with E-state index in [1.807, 2.05) is 24.3 Å². The largest absolute Gasteiger partial charge is 0.389 e. The van der Waals surface area contributed by atoms with E-state index >= 15 is 0 Å². The quantitative estimate of drug-likeness (QED) is 0.662. The van der Waals surface area contributed by atoms with Crippen LogP contribution in [0.3, 0.4) is 0 Å². The number of aliphatic hydroxyl groups is 1. The summed E-state index contributed by atoms with van der Waals surface area (Å²) in [6.07, 6.45) is 1.27. The van der Waals surface area contributed by atoms with Gasteiger partial charge in [0.2, 0.25) is 10.0 Å². The van der Waals surface area contributed by atoms with Crippen LogP contribution in [-0.2, 0) is 10.0 Å². The van der Waals surface area contributed by atoms with E-state index in [2.05, 4.69) is 10.6 Å². The van der Waals surface area contributed by atoms with Gasteiger partial charge in [0.05, 0.1) is 11.0 Å². The Labute approximate surface area is 165 Å². The Morgan fingerprint density at radius 2 is 1.70 bits per heavy atom. The first-order valence-corrected chi connectivity index (χ1v) is 10.7. The van der Waals surface area contributed by atoms with Crippen LogP contribution in [0.15, 0.2) is 53.4 Å². The lowest BCUT2D eigenvalue weighted by Gasteiger charge is -2.16. The minimum absolute atomic E-state index is 0.290. The molecule has 2 aromatic rings. The fraction of sp³-hybridized carbons (Fsp3) is 0.316. The molecule has 6 nitrogen and oxygen atoms in total. The van der Waals surface area contributed by atoms with E-state index in [1.54, 1.807) is 31.2 Å². The number of rotatable bonds is 5. The molecule has 2 aromatic carbocycles. The minimum atomic E-state index is -3.41. The molecule has 1 saturated heterocycles. The molecule has 8 heteroatoms. The predicted octanol–water partition coefficient (Wildman–Crippen LogP) is 3.33. The number of anilines is 2. The predicted molar refractivity (Wildman–Crippen MR) is 111 cm³/mol. The molecule has 1 aliphatic rings. The van der Waals surface area contributed by atoms with Gasteiger partial charge in [-0.25, -0.2) is 8.42 Å². The van der Waals surface area contributed by atoms with Crippen LogP contribution in [0, 0.1) is 0 Å². The Hall–Kier alpha value is -2.00. The molecule has 0 unspecified atom stereocenters. The molecule has 0 spiro atoms. The summed E-state index contributed by atoms with van der Waals surface area (Å²) in [5.41, 5.74) is 2.25. The summed E-state index contributed by atoms with van der Waals surface area (Å²) in [6, 6.07) is 13.9. The zero-order valence-corrected chi connectivity index (χ0v) is 16.7. The standard InChI is InChI=1S/C19H23N3O3S2/c1-14(23)15-5-4-6-17(13-15)21-19(26)20-16-7-9-18(10-8-16)27(24,25)22-11-2-3-12-22/h4-10,13-14,23H,2-3,11-12H2,1H3,(H2,20,21,26)/t14-/m1/s1. The second kappa shape index (κ2) is 8.35. The number of nitrogens with zero attached hydrogens (tertiary/aromatic N) is 1. The van der Waals surface area contributed by atoms with Gasteiger partial charge in [0.1, 0.15) is 0 Å². The van der Waals surface area contributed by atoms with Crippen molar-refractivity contribution in [3.8, 4) is 0 Å². The highest BCUT2D eigenvalue weighted by Crippen LogP contribution is 2.22. The Morgan fingerprint density at radius 1 is 1.07 bits per heavy atom. The molecule has 0 aromatic heterocycles. The van der Waals surface area contributed by atoms with E-state index in [4.69, 9.17) is 12.2 Å². The highest BCUT2D eigenvalue weighted by Gasteiger charge is 2.26. The molecular weight excluding hydrogens is 382 g/mol. The van der Waals surface area contributed by atoms with E-state index < -0.39 is 16.1 Å². The van der Waals surface area contributed by atoms with Gasteiger partial charge in [-0.05, 0) is 73.9 Å². The van der Waals surface area contributed by atoms with Gasteiger partial charge in [-0.1, -0.05) is 12.1 Å². The van der Waals surface area contributed by atoms with E-state index in [9.17, 15) is 13.5 Å². The summed E-state index contributed by atoms with van der Waals surface area (Å²) in [6.45, 7) is 2.87. The van der Waals surface area contributed by atoms with Gasteiger partial charge in [0.25, 0.3) is 0 Å². The normalized spacial score (nSPS) is 16.1. The lowest BCUT2D eigenvalue weighted by Crippen LogP contribution is -2.27. The lowest BCUT2D eigenvalue weighted by atomic mass is 10.1. The first-order valence-electron chi connectivity index (χ1n) is 8.82. The molecule has 0 saturated carbocycles. The molecule has 3 rings (SSSR count). The maximum Gasteiger partial charge on any atom is 0.243 e. The van der Waals surface area contributed by atoms with Crippen LogP contribution in [0.5, 0.6) is 0 Å². The van der Waals surface area contributed by atoms with E-state index in [0.29, 0.717) is 28.8 Å². The number of sulfonamides is 1. The number of aliphatic hydroxyl groups excluding tert-OH is 1. The summed E-state index contributed by atoms with van der Waals surface area (Å²) >= 11 is 5.31. The molecule has 0 aliphatic carbocycles. The fourth-order valence-electron chi connectivity index (χ4n) is 2.96. The van der Waals surface area contributed by atoms with Gasteiger partial charge in [0.15, 0.2) is 5.11 Å². The Kier molecular flexibility index (Phi) is 6.11. The summed E-state index contributed by atoms with van der Waals surface area (Å²) in [4.78, 5) is 0.290. The van der Waals surface area contributed by atoms with Crippen molar-refractivity contribution < 1.29 is 13.5 Å². The van der Waals surface area contributed by atoms with E-state index in [-0.39, 0.29) is 0 Å². The third kappa shape index (κ3) is 4.84. The van der Waals surface area contributed by atoms with Gasteiger partial charge in [-0.3, -0.25) is 0 Å². The smallest absolute Gasteiger partial charge is 0.243 e. The highest BCUT2D eigenvalue weighted by molar-refractivity contribution is 7.89. The number of benzene rings is 2. The van der Waals surface area contributed by atoms with Crippen molar-refractivity contribution in [2.75, 3.05) is 23.7 Å². The number of nitrogens with one attached hydrogen (secondary N) is 2. The minimum Gasteiger partial charge on any atom is -0.389 e. The molecule has 0 radical (unpaired) electrons. The highest BCUT2D eigenvalue weighted by atomic mass is 32.2. The van der Waals surface area contributed by atoms with Crippen molar-refractivity contribution >= 4 is 38.7 Å². The average molecular weight is 406 g/mol. The van der Waals surface area contributed by atoms with Crippen molar-refractivity contribution in [2.45, 2.75) is 30.8 Å². The molecular formula is C19H23N3O3S2. The van der Waals surface area contributed by atoms with Gasteiger partial charge >= 0.3 is 0 Å². The lowest BCUT2D eigenvalue weighted by molar-refractivity contribution is 0.199. The maximum atomic E-state index is 12.5. The third-order valence-electron chi connectivity index (χ3n) is 4.44. The summed E-state index contributed by atoms with van der Waals surface area (Å²) in [5.74, 6) is 0. The van der Waals surface area contributed by atoms with Crippen LogP contribution in [-0.4, -0.2) is 36.0 Å². The molecule has 27 heavy (non-hydrogen) atoms. The SMILES string of the molecule is C[C@@H](O)c1cccc(NC(=S)Nc2ccc(S(=O)(=O)N3CCCC3)cc2)c1. The first-order chi connectivity index (χ1) is 12.9. The average Bonchev–Trinajstić information content (AvgIpc) is 3.18. The molecule has 1 atom stereocenters. The van der Waals surface area contributed by atoms with Crippen molar-refractivity contribution in [2.24, 2.45) is 0 Å². The van der Waals surface area contributed by atoms with Crippen molar-refractivity contribution in [1.82, 2.24) is 4.31 Å². The van der Waals surface area contributed by atoms with Crippen molar-refractivity contribution in [1.29, 1.82) is 0 Å². The van der Waals surface area contributed by atoms with Crippen LogP contribution in [0.1, 0.15) is 31.4 Å². The Bertz CT molecular complexity index is 906. The van der Waals surface area contributed by atoms with Gasteiger partial charge in [-0.15, -0.1) is 0 Å². The zero-order valence-electron chi connectivity index (χ0n) is 15.1. The molecule has 1 fully saturated rings. The van der Waals surface area contributed by atoms with E-state index in [1.165, 1.54) is 4.31 Å². The molecule has 1 heterocycles. The molecule has 3 N–H and O–H groups in total. The molecule has 144 valence electrons. The molecule has 1 aliphatic heterocycles. The van der Waals surface area contributed by atoms with Gasteiger partial charge in [0, 0.05) is 24.5 Å². The third-order valence-corrected chi connectivity index (χ3v) is 6.56. The molecule has 0 bridgehead atoms. The number of hydrogen-bond acceptors (Lipinski definition) is 4. The van der Waals surface area contributed by atoms with Crippen LogP contribution in [0.2, 0.25) is 0 Å². The number of hydrogen-bond donors (Lipinski definition) is 3. The van der Waals surface area contributed by atoms with Crippen LogP contribution in [0.4, 0.5) is 11.4 Å². The van der Waals surface area contributed by atoms with Gasteiger partial charge in [-0.2, -0.15) is 4.31 Å². The fourth-order valence-corrected chi connectivity index (χ4v) is 4.71. The number of thiocarbonyl (C=S) groups is 1. The van der Waals surface area contributed by atoms with Crippen LogP contribution < -0.4 is 10.6 Å². The molecule has 0 amide bonds. The zero-order chi connectivity index (χ0) is 19.4. The van der Waals surface area contributed by atoms with E-state index in [0.717, 1.165) is 24.1 Å². The van der Waals surface area contributed by atoms with Crippen LogP contribution in [0.25, 0.3) is 0 Å². The Balaban J connectivity index is 1.64. The van der Waals surface area contributed by atoms with Crippen molar-refractivity contribution in [3.63, 3.8) is 0 Å². The first kappa shape index (κ1) is 19.8. The summed E-state index contributed by atoms with van der Waals surface area (Å²) < 4.78 is 26.6. The van der Waals surface area contributed by atoms with Crippen LogP contribution >= 0.6 is 12.2 Å². The summed E-state index contributed by atoms with van der Waals surface area (Å²) in [5, 5.41) is 16.1. The van der Waals surface area contributed by atoms with Crippen molar-refractivity contribution in [3.05, 3.63) is 54.1 Å². The van der Waals surface area contributed by atoms with Gasteiger partial charge < -0.3 is 15.7 Å². The Morgan fingerprint density at radius 3 is 2.33 bits per heavy atom. The summed E-state index contributed by atoms with van der Waals surface area (Å²) in [7, 11) is -3.41. The second-order valence-corrected chi connectivity index (χ2v) is 8.86. The monoisotopic (exact) mass is 405 g/mol. The second-order valence-electron chi connectivity index (χ2n) is 6.52. The topological polar surface area (TPSA) is 81.7 Å².